The van der Waals surface area contributed by atoms with Gasteiger partial charge in [-0.2, -0.15) is 0 Å². The SMILES string of the molecule is C[C@H](CCCC(=O)NS(=O)(=O)c1cccc2c(N(C)C)cccc12)[C@H]1CCC2C3C(CC[C@@]21C)C1(C)CC[C@H](O)CC1(O)[C@@H]3C=O. The van der Waals surface area contributed by atoms with Crippen molar-refractivity contribution in [3.8, 4) is 0 Å². The highest BCUT2D eigenvalue weighted by molar-refractivity contribution is 7.90. The molecule has 6 rings (SSSR count). The first-order valence-electron chi connectivity index (χ1n) is 17.3. The number of rotatable bonds is 9. The predicted molar refractivity (Wildman–Crippen MR) is 180 cm³/mol. The van der Waals surface area contributed by atoms with Crippen LogP contribution in [0.1, 0.15) is 85.0 Å². The Labute approximate surface area is 274 Å². The molecule has 3 N–H and O–H groups in total. The number of anilines is 1. The molecule has 4 aliphatic rings. The van der Waals surface area contributed by atoms with Gasteiger partial charge in [0.15, 0.2) is 0 Å². The number of carbonyl (C=O) groups excluding carboxylic acids is 2. The third-order valence-electron chi connectivity index (χ3n) is 13.5. The van der Waals surface area contributed by atoms with Crippen LogP contribution in [0, 0.1) is 46.3 Å². The number of aldehydes is 1. The van der Waals surface area contributed by atoms with Crippen LogP contribution in [-0.4, -0.2) is 56.6 Å². The Morgan fingerprint density at radius 2 is 1.76 bits per heavy atom. The topological polar surface area (TPSA) is 124 Å². The zero-order valence-electron chi connectivity index (χ0n) is 28.0. The summed E-state index contributed by atoms with van der Waals surface area (Å²) in [6, 6.07) is 10.7. The van der Waals surface area contributed by atoms with Crippen LogP contribution in [0.3, 0.4) is 0 Å². The molecule has 0 saturated heterocycles. The van der Waals surface area contributed by atoms with Gasteiger partial charge >= 0.3 is 0 Å². The first kappa shape index (κ1) is 33.4. The van der Waals surface area contributed by atoms with Crippen molar-refractivity contribution in [2.45, 2.75) is 102 Å². The summed E-state index contributed by atoms with van der Waals surface area (Å²) >= 11 is 0. The monoisotopic (exact) mass is 652 g/mol. The second-order valence-electron chi connectivity index (χ2n) is 15.8. The lowest BCUT2D eigenvalue weighted by molar-refractivity contribution is -0.156. The molecule has 5 unspecified atom stereocenters. The molecule has 4 fully saturated rings. The van der Waals surface area contributed by atoms with Crippen LogP contribution in [-0.2, 0) is 19.6 Å². The molecule has 1 amide bonds. The van der Waals surface area contributed by atoms with E-state index < -0.39 is 33.6 Å². The molecule has 2 aromatic carbocycles. The van der Waals surface area contributed by atoms with Crippen LogP contribution in [0.4, 0.5) is 5.69 Å². The second-order valence-corrected chi connectivity index (χ2v) is 17.5. The van der Waals surface area contributed by atoms with Crippen LogP contribution >= 0.6 is 0 Å². The minimum atomic E-state index is -4.04. The van der Waals surface area contributed by atoms with Crippen molar-refractivity contribution in [1.29, 1.82) is 0 Å². The Morgan fingerprint density at radius 1 is 1.04 bits per heavy atom. The number of hydrogen-bond donors (Lipinski definition) is 3. The molecular weight excluding hydrogens is 600 g/mol. The van der Waals surface area contributed by atoms with Crippen molar-refractivity contribution in [1.82, 2.24) is 4.72 Å². The summed E-state index contributed by atoms with van der Waals surface area (Å²) in [6.45, 7) is 6.82. The van der Waals surface area contributed by atoms with E-state index in [1.807, 2.05) is 37.2 Å². The van der Waals surface area contributed by atoms with Gasteiger partial charge in [0.1, 0.15) is 6.29 Å². The zero-order valence-corrected chi connectivity index (χ0v) is 28.9. The second kappa shape index (κ2) is 11.9. The molecule has 0 aromatic heterocycles. The van der Waals surface area contributed by atoms with E-state index in [0.29, 0.717) is 42.4 Å². The fourth-order valence-electron chi connectivity index (χ4n) is 11.3. The van der Waals surface area contributed by atoms with Gasteiger partial charge < -0.3 is 19.9 Å². The van der Waals surface area contributed by atoms with Crippen molar-refractivity contribution in [2.24, 2.45) is 46.3 Å². The number of amides is 1. The van der Waals surface area contributed by atoms with Gasteiger partial charge in [0.05, 0.1) is 16.6 Å². The number of nitrogens with one attached hydrogen (secondary N) is 1. The Morgan fingerprint density at radius 3 is 2.48 bits per heavy atom. The molecule has 0 heterocycles. The molecule has 8 nitrogen and oxygen atoms in total. The Balaban J connectivity index is 1.10. The molecular formula is C37H52N2O6S. The number of fused-ring (bicyclic) bond motifs is 6. The largest absolute Gasteiger partial charge is 0.393 e. The zero-order chi connectivity index (χ0) is 33.2. The maximum Gasteiger partial charge on any atom is 0.264 e. The number of sulfonamides is 1. The minimum absolute atomic E-state index is 0.0477. The van der Waals surface area contributed by atoms with Crippen LogP contribution in [0.15, 0.2) is 41.3 Å². The van der Waals surface area contributed by atoms with Crippen molar-refractivity contribution in [2.75, 3.05) is 19.0 Å². The van der Waals surface area contributed by atoms with Crippen molar-refractivity contribution < 1.29 is 28.2 Å². The quantitative estimate of drug-likeness (QED) is 0.298. The summed E-state index contributed by atoms with van der Waals surface area (Å²) in [6.07, 6.45) is 7.88. The van der Waals surface area contributed by atoms with E-state index in [9.17, 15) is 28.2 Å². The number of hydrogen-bond acceptors (Lipinski definition) is 7. The molecule has 252 valence electrons. The van der Waals surface area contributed by atoms with Gasteiger partial charge in [0.2, 0.25) is 5.91 Å². The average Bonchev–Trinajstić information content (AvgIpc) is 3.44. The van der Waals surface area contributed by atoms with E-state index in [4.69, 9.17) is 0 Å². The molecule has 0 spiro atoms. The fourth-order valence-corrected chi connectivity index (χ4v) is 12.5. The summed E-state index contributed by atoms with van der Waals surface area (Å²) in [5.41, 5.74) is -0.540. The van der Waals surface area contributed by atoms with E-state index in [2.05, 4.69) is 25.5 Å². The third-order valence-corrected chi connectivity index (χ3v) is 14.9. The number of nitrogens with zero attached hydrogens (tertiary/aromatic N) is 1. The van der Waals surface area contributed by atoms with E-state index in [1.165, 1.54) is 0 Å². The number of carbonyl (C=O) groups is 2. The maximum absolute atomic E-state index is 13.3. The minimum Gasteiger partial charge on any atom is -0.393 e. The molecule has 0 aliphatic heterocycles. The van der Waals surface area contributed by atoms with Crippen LogP contribution in [0.25, 0.3) is 10.8 Å². The standard InChI is InChI=1S/C37H52N2O6S/c1-23(9-6-14-33(42)38-46(44,45)32-13-8-10-25-26(32)11-7-12-31(25)39(4)5)27-15-16-28-34-29(18-19-35(27,28)2)36(3)20-17-24(41)21-37(36,43)30(34)22-40/h7-8,10-13,22-24,27-30,34,41,43H,6,9,14-21H2,1-5H3,(H,38,42)/t23-,24+,27-,28?,29?,30-,34?,35-,36?,37?/m1/s1. The van der Waals surface area contributed by atoms with Gasteiger partial charge in [0, 0.05) is 54.7 Å². The average molecular weight is 653 g/mol. The van der Waals surface area contributed by atoms with Gasteiger partial charge in [-0.25, -0.2) is 13.1 Å². The summed E-state index contributed by atoms with van der Waals surface area (Å²) in [5.74, 6) is 0.613. The van der Waals surface area contributed by atoms with Crippen molar-refractivity contribution in [3.63, 3.8) is 0 Å². The molecule has 10 atom stereocenters. The molecule has 9 heteroatoms. The maximum atomic E-state index is 13.3. The normalized spacial score (nSPS) is 37.6. The lowest BCUT2D eigenvalue weighted by Gasteiger charge is -2.52. The first-order valence-corrected chi connectivity index (χ1v) is 18.8. The summed E-state index contributed by atoms with van der Waals surface area (Å²) in [4.78, 5) is 27.7. The summed E-state index contributed by atoms with van der Waals surface area (Å²) in [7, 11) is -0.219. The highest BCUT2D eigenvalue weighted by Gasteiger charge is 2.72. The fraction of sp³-hybridized carbons (Fsp3) is 0.676. The molecule has 4 saturated carbocycles. The molecule has 2 aromatic rings. The van der Waals surface area contributed by atoms with E-state index in [1.54, 1.807) is 18.2 Å². The number of aliphatic hydroxyl groups is 2. The number of aliphatic hydroxyl groups excluding tert-OH is 1. The van der Waals surface area contributed by atoms with Crippen molar-refractivity contribution in [3.05, 3.63) is 36.4 Å². The summed E-state index contributed by atoms with van der Waals surface area (Å²) < 4.78 is 29.0. The lowest BCUT2D eigenvalue weighted by atomic mass is 9.53. The Bertz CT molecular complexity index is 1610. The van der Waals surface area contributed by atoms with Crippen LogP contribution < -0.4 is 9.62 Å². The Kier molecular flexibility index (Phi) is 8.63. The van der Waals surface area contributed by atoms with Crippen molar-refractivity contribution >= 4 is 38.7 Å². The van der Waals surface area contributed by atoms with Gasteiger partial charge in [-0.1, -0.05) is 45.0 Å². The molecule has 46 heavy (non-hydrogen) atoms. The molecule has 4 aliphatic carbocycles. The summed E-state index contributed by atoms with van der Waals surface area (Å²) in [5, 5.41) is 23.9. The van der Waals surface area contributed by atoms with Crippen LogP contribution in [0.5, 0.6) is 0 Å². The predicted octanol–water partition coefficient (Wildman–Crippen LogP) is 5.69. The van der Waals surface area contributed by atoms with Gasteiger partial charge in [0.25, 0.3) is 10.0 Å². The van der Waals surface area contributed by atoms with E-state index in [-0.39, 0.29) is 34.0 Å². The molecule has 0 bridgehead atoms. The highest BCUT2D eigenvalue weighted by atomic mass is 32.2. The van der Waals surface area contributed by atoms with E-state index in [0.717, 1.165) is 55.9 Å². The molecule has 0 radical (unpaired) electrons. The number of benzene rings is 2. The third kappa shape index (κ3) is 5.11. The van der Waals surface area contributed by atoms with Gasteiger partial charge in [-0.15, -0.1) is 0 Å². The first-order chi connectivity index (χ1) is 21.7. The van der Waals surface area contributed by atoms with Crippen LogP contribution in [0.2, 0.25) is 0 Å². The van der Waals surface area contributed by atoms with E-state index >= 15 is 0 Å². The smallest absolute Gasteiger partial charge is 0.264 e. The van der Waals surface area contributed by atoms with Gasteiger partial charge in [-0.3, -0.25) is 4.79 Å². The van der Waals surface area contributed by atoms with Gasteiger partial charge in [-0.05, 0) is 98.5 Å². The highest BCUT2D eigenvalue weighted by Crippen LogP contribution is 2.72. The lowest BCUT2D eigenvalue weighted by Crippen LogP contribution is -2.54. The Hall–Kier alpha value is -2.49.